The summed E-state index contributed by atoms with van der Waals surface area (Å²) in [5.41, 5.74) is 2.16. The largest absolute Gasteiger partial charge is 0.364 e. The summed E-state index contributed by atoms with van der Waals surface area (Å²) in [5.74, 6) is 0. The van der Waals surface area contributed by atoms with Crippen LogP contribution in [0.15, 0.2) is 6.20 Å². The lowest BCUT2D eigenvalue weighted by molar-refractivity contribution is 1.26. The molecule has 1 N–H and O–H groups in total. The zero-order valence-electron chi connectivity index (χ0n) is 4.96. The lowest BCUT2D eigenvalue weighted by atomic mass is 10.3. The summed E-state index contributed by atoms with van der Waals surface area (Å²) < 4.78 is 0. The molecule has 2 heteroatoms. The second-order valence-electron chi connectivity index (χ2n) is 1.91. The molecule has 1 aromatic heterocycles. The monoisotopic (exact) mass is 129 g/mol. The van der Waals surface area contributed by atoms with Crippen LogP contribution in [0.2, 0.25) is 5.02 Å². The minimum atomic E-state index is 0.852. The number of aromatic nitrogens is 1. The minimum absolute atomic E-state index is 0.852. The van der Waals surface area contributed by atoms with Crippen LogP contribution in [-0.2, 0) is 0 Å². The van der Waals surface area contributed by atoms with Crippen LogP contribution in [0, 0.1) is 13.8 Å². The van der Waals surface area contributed by atoms with Crippen molar-refractivity contribution in [2.75, 3.05) is 0 Å². The SMILES string of the molecule is Cc1c[nH]c(C)c1Cl. The van der Waals surface area contributed by atoms with E-state index in [1.54, 1.807) is 0 Å². The Bertz CT molecular complexity index is 171. The molecule has 0 bridgehead atoms. The summed E-state index contributed by atoms with van der Waals surface area (Å²) in [6, 6.07) is 0. The van der Waals surface area contributed by atoms with Gasteiger partial charge in [0.25, 0.3) is 0 Å². The Labute approximate surface area is 53.7 Å². The van der Waals surface area contributed by atoms with E-state index in [0.29, 0.717) is 0 Å². The van der Waals surface area contributed by atoms with E-state index in [1.807, 2.05) is 20.0 Å². The van der Waals surface area contributed by atoms with Gasteiger partial charge >= 0.3 is 0 Å². The van der Waals surface area contributed by atoms with E-state index in [4.69, 9.17) is 11.6 Å². The zero-order chi connectivity index (χ0) is 6.15. The van der Waals surface area contributed by atoms with Gasteiger partial charge in [0.05, 0.1) is 5.02 Å². The number of aryl methyl sites for hydroxylation is 2. The number of hydrogen-bond acceptors (Lipinski definition) is 0. The highest BCUT2D eigenvalue weighted by Gasteiger charge is 1.97. The van der Waals surface area contributed by atoms with Crippen LogP contribution in [-0.4, -0.2) is 4.98 Å². The molecule has 0 aliphatic heterocycles. The van der Waals surface area contributed by atoms with Gasteiger partial charge in [0, 0.05) is 11.9 Å². The van der Waals surface area contributed by atoms with Crippen molar-refractivity contribution in [2.45, 2.75) is 13.8 Å². The average Bonchev–Trinajstić information content (AvgIpc) is 1.98. The van der Waals surface area contributed by atoms with Crippen molar-refractivity contribution in [3.63, 3.8) is 0 Å². The lowest BCUT2D eigenvalue weighted by Crippen LogP contribution is -1.66. The van der Waals surface area contributed by atoms with Gasteiger partial charge in [-0.25, -0.2) is 0 Å². The molecule has 0 aliphatic rings. The molecule has 1 nitrogen and oxygen atoms in total. The molecule has 0 aromatic carbocycles. The van der Waals surface area contributed by atoms with Crippen LogP contribution in [0.1, 0.15) is 11.3 Å². The van der Waals surface area contributed by atoms with Gasteiger partial charge in [-0.15, -0.1) is 0 Å². The molecule has 0 atom stereocenters. The molecule has 0 radical (unpaired) electrons. The van der Waals surface area contributed by atoms with Crippen molar-refractivity contribution in [1.82, 2.24) is 4.98 Å². The van der Waals surface area contributed by atoms with Crippen molar-refractivity contribution < 1.29 is 0 Å². The standard InChI is InChI=1S/C6H8ClN/c1-4-3-8-5(2)6(4)7/h3,8H,1-2H3. The Morgan fingerprint density at radius 3 is 2.25 bits per heavy atom. The zero-order valence-corrected chi connectivity index (χ0v) is 5.71. The Hall–Kier alpha value is -0.430. The molecule has 0 saturated carbocycles. The van der Waals surface area contributed by atoms with Crippen LogP contribution in [0.3, 0.4) is 0 Å². The number of hydrogen-bond donors (Lipinski definition) is 1. The minimum Gasteiger partial charge on any atom is -0.364 e. The average molecular weight is 130 g/mol. The Kier molecular flexibility index (Phi) is 1.30. The van der Waals surface area contributed by atoms with Gasteiger partial charge in [0.2, 0.25) is 0 Å². The number of H-pyrrole nitrogens is 1. The van der Waals surface area contributed by atoms with E-state index < -0.39 is 0 Å². The lowest BCUT2D eigenvalue weighted by Gasteiger charge is -1.83. The van der Waals surface area contributed by atoms with Crippen LogP contribution in [0.25, 0.3) is 0 Å². The Morgan fingerprint density at radius 1 is 1.50 bits per heavy atom. The van der Waals surface area contributed by atoms with Gasteiger partial charge in [-0.2, -0.15) is 0 Å². The molecule has 1 heterocycles. The quantitative estimate of drug-likeness (QED) is 0.553. The maximum atomic E-state index is 5.76. The highest BCUT2D eigenvalue weighted by molar-refractivity contribution is 6.32. The summed E-state index contributed by atoms with van der Waals surface area (Å²) in [5, 5.41) is 0.852. The van der Waals surface area contributed by atoms with E-state index in [9.17, 15) is 0 Å². The van der Waals surface area contributed by atoms with Crippen LogP contribution >= 0.6 is 11.6 Å². The van der Waals surface area contributed by atoms with Crippen molar-refractivity contribution in [2.24, 2.45) is 0 Å². The third kappa shape index (κ3) is 0.736. The van der Waals surface area contributed by atoms with E-state index in [-0.39, 0.29) is 0 Å². The third-order valence-electron chi connectivity index (χ3n) is 1.18. The second kappa shape index (κ2) is 1.82. The van der Waals surface area contributed by atoms with E-state index >= 15 is 0 Å². The number of halogens is 1. The first-order valence-corrected chi connectivity index (χ1v) is 2.89. The molecule has 0 saturated heterocycles. The fourth-order valence-electron chi connectivity index (χ4n) is 0.639. The smallest absolute Gasteiger partial charge is 0.0639 e. The highest BCUT2D eigenvalue weighted by Crippen LogP contribution is 2.17. The summed E-state index contributed by atoms with van der Waals surface area (Å²) in [4.78, 5) is 3.00. The van der Waals surface area contributed by atoms with Crippen LogP contribution in [0.5, 0.6) is 0 Å². The van der Waals surface area contributed by atoms with Crippen molar-refractivity contribution in [1.29, 1.82) is 0 Å². The Morgan fingerprint density at radius 2 is 2.12 bits per heavy atom. The van der Waals surface area contributed by atoms with Gasteiger partial charge in [0.1, 0.15) is 0 Å². The Balaban J connectivity index is 3.19. The molecular formula is C6H8ClN. The summed E-state index contributed by atoms with van der Waals surface area (Å²) >= 11 is 5.76. The molecule has 0 unspecified atom stereocenters. The molecule has 1 rings (SSSR count). The number of nitrogens with one attached hydrogen (secondary N) is 1. The van der Waals surface area contributed by atoms with Crippen LogP contribution < -0.4 is 0 Å². The van der Waals surface area contributed by atoms with Gasteiger partial charge in [0.15, 0.2) is 0 Å². The number of aromatic amines is 1. The fraction of sp³-hybridized carbons (Fsp3) is 0.333. The number of rotatable bonds is 0. The van der Waals surface area contributed by atoms with E-state index in [0.717, 1.165) is 16.3 Å². The normalized spacial score (nSPS) is 9.88. The molecule has 0 amide bonds. The van der Waals surface area contributed by atoms with Gasteiger partial charge < -0.3 is 4.98 Å². The van der Waals surface area contributed by atoms with Crippen molar-refractivity contribution in [3.05, 3.63) is 22.5 Å². The van der Waals surface area contributed by atoms with Crippen LogP contribution in [0.4, 0.5) is 0 Å². The first-order valence-electron chi connectivity index (χ1n) is 2.52. The molecule has 8 heavy (non-hydrogen) atoms. The second-order valence-corrected chi connectivity index (χ2v) is 2.29. The van der Waals surface area contributed by atoms with E-state index in [2.05, 4.69) is 4.98 Å². The highest BCUT2D eigenvalue weighted by atomic mass is 35.5. The molecule has 0 spiro atoms. The van der Waals surface area contributed by atoms with E-state index in [1.165, 1.54) is 0 Å². The molecule has 44 valence electrons. The topological polar surface area (TPSA) is 15.8 Å². The predicted molar refractivity (Wildman–Crippen MR) is 35.3 cm³/mol. The molecular weight excluding hydrogens is 122 g/mol. The predicted octanol–water partition coefficient (Wildman–Crippen LogP) is 2.28. The maximum absolute atomic E-state index is 5.76. The molecule has 0 aliphatic carbocycles. The van der Waals surface area contributed by atoms with Crippen molar-refractivity contribution >= 4 is 11.6 Å². The molecule has 1 aromatic rings. The van der Waals surface area contributed by atoms with Gasteiger partial charge in [-0.3, -0.25) is 0 Å². The first-order chi connectivity index (χ1) is 3.72. The first kappa shape index (κ1) is 5.70. The third-order valence-corrected chi connectivity index (χ3v) is 1.76. The summed E-state index contributed by atoms with van der Waals surface area (Å²) in [6.07, 6.45) is 1.90. The maximum Gasteiger partial charge on any atom is 0.0639 e. The van der Waals surface area contributed by atoms with Gasteiger partial charge in [-0.1, -0.05) is 11.6 Å². The fourth-order valence-corrected chi connectivity index (χ4v) is 0.748. The van der Waals surface area contributed by atoms with Gasteiger partial charge in [-0.05, 0) is 19.4 Å². The molecule has 0 fully saturated rings. The summed E-state index contributed by atoms with van der Waals surface area (Å²) in [7, 11) is 0. The summed E-state index contributed by atoms with van der Waals surface area (Å²) in [6.45, 7) is 3.93. The van der Waals surface area contributed by atoms with Crippen molar-refractivity contribution in [3.8, 4) is 0 Å².